The third-order valence-corrected chi connectivity index (χ3v) is 5.58. The quantitative estimate of drug-likeness (QED) is 0.484. The Morgan fingerprint density at radius 2 is 1.77 bits per heavy atom. The highest BCUT2D eigenvalue weighted by atomic mass is 35.5. The van der Waals surface area contributed by atoms with Crippen LogP contribution < -0.4 is 9.47 Å². The third kappa shape index (κ3) is 7.08. The number of hydrogen-bond donors (Lipinski definition) is 0. The molecule has 2 aromatic carbocycles. The van der Waals surface area contributed by atoms with E-state index < -0.39 is 0 Å². The van der Waals surface area contributed by atoms with Crippen LogP contribution >= 0.6 is 23.2 Å². The van der Waals surface area contributed by atoms with Crippen LogP contribution in [0.25, 0.3) is 0 Å². The second-order valence-electron chi connectivity index (χ2n) is 7.37. The number of methoxy groups -OCH3 is 2. The molecule has 7 heteroatoms. The lowest BCUT2D eigenvalue weighted by atomic mass is 10.1. The van der Waals surface area contributed by atoms with E-state index >= 15 is 0 Å². The van der Waals surface area contributed by atoms with Crippen LogP contribution in [0, 0.1) is 0 Å². The molecule has 0 saturated carbocycles. The second-order valence-corrected chi connectivity index (χ2v) is 8.19. The van der Waals surface area contributed by atoms with Crippen molar-refractivity contribution in [3.63, 3.8) is 0 Å². The zero-order valence-corrected chi connectivity index (χ0v) is 19.6. The van der Waals surface area contributed by atoms with Gasteiger partial charge in [-0.2, -0.15) is 0 Å². The first-order chi connectivity index (χ1) is 14.3. The van der Waals surface area contributed by atoms with Gasteiger partial charge in [0, 0.05) is 19.5 Å². The highest BCUT2D eigenvalue weighted by Crippen LogP contribution is 2.31. The highest BCUT2D eigenvalue weighted by Gasteiger charge is 2.17. The van der Waals surface area contributed by atoms with Crippen LogP contribution in [0.3, 0.4) is 0 Å². The summed E-state index contributed by atoms with van der Waals surface area (Å²) in [6.07, 6.45) is 1.85. The van der Waals surface area contributed by atoms with Crippen molar-refractivity contribution >= 4 is 29.1 Å². The van der Waals surface area contributed by atoms with Gasteiger partial charge in [-0.15, -0.1) is 0 Å². The number of rotatable bonds is 11. The van der Waals surface area contributed by atoms with Gasteiger partial charge in [-0.05, 0) is 62.8 Å². The molecule has 0 atom stereocenters. The summed E-state index contributed by atoms with van der Waals surface area (Å²) >= 11 is 12.2. The van der Waals surface area contributed by atoms with E-state index in [1.165, 1.54) is 0 Å². The number of para-hydroxylation sites is 1. The third-order valence-electron chi connectivity index (χ3n) is 4.84. The van der Waals surface area contributed by atoms with Crippen molar-refractivity contribution < 1.29 is 14.3 Å². The van der Waals surface area contributed by atoms with Gasteiger partial charge in [0.25, 0.3) is 0 Å². The molecular formula is C23H30Cl2N2O3. The molecule has 0 saturated heterocycles. The molecule has 164 valence electrons. The molecule has 2 rings (SSSR count). The predicted molar refractivity (Wildman–Crippen MR) is 123 cm³/mol. The van der Waals surface area contributed by atoms with Crippen molar-refractivity contribution in [3.8, 4) is 11.5 Å². The summed E-state index contributed by atoms with van der Waals surface area (Å²) in [5, 5.41) is 1.01. The van der Waals surface area contributed by atoms with Gasteiger partial charge in [-0.3, -0.25) is 4.79 Å². The van der Waals surface area contributed by atoms with Crippen molar-refractivity contribution in [2.24, 2.45) is 0 Å². The predicted octanol–water partition coefficient (Wildman–Crippen LogP) is 4.92. The Kier molecular flexibility index (Phi) is 9.76. The van der Waals surface area contributed by atoms with Crippen LogP contribution in [0.15, 0.2) is 36.4 Å². The maximum atomic E-state index is 13.1. The lowest BCUT2D eigenvalue weighted by Gasteiger charge is -2.24. The van der Waals surface area contributed by atoms with Crippen LogP contribution in [0.5, 0.6) is 11.5 Å². The fourth-order valence-corrected chi connectivity index (χ4v) is 3.60. The zero-order valence-electron chi connectivity index (χ0n) is 18.1. The standard InChI is InChI=1S/C23H30Cl2N2O3/c1-26(2)13-6-14-27(16-17-9-11-19(24)20(25)15-17)22(28)12-10-18-7-5-8-21(29-3)23(18)30-4/h5,7-9,11,15H,6,10,12-14,16H2,1-4H3. The van der Waals surface area contributed by atoms with Crippen molar-refractivity contribution in [2.75, 3.05) is 41.4 Å². The Bertz CT molecular complexity index is 843. The number of carbonyl (C=O) groups excluding carboxylic acids is 1. The van der Waals surface area contributed by atoms with Crippen molar-refractivity contribution in [1.29, 1.82) is 0 Å². The first-order valence-corrected chi connectivity index (χ1v) is 10.7. The largest absolute Gasteiger partial charge is 0.493 e. The molecule has 0 aliphatic heterocycles. The Labute approximate surface area is 189 Å². The van der Waals surface area contributed by atoms with Gasteiger partial charge in [0.05, 0.1) is 24.3 Å². The molecule has 0 N–H and O–H groups in total. The molecule has 0 fully saturated rings. The molecule has 2 aromatic rings. The second kappa shape index (κ2) is 12.0. The van der Waals surface area contributed by atoms with E-state index in [0.717, 1.165) is 24.1 Å². The molecule has 0 aliphatic rings. The Morgan fingerprint density at radius 3 is 2.40 bits per heavy atom. The number of amides is 1. The van der Waals surface area contributed by atoms with E-state index in [0.29, 0.717) is 47.5 Å². The number of hydrogen-bond acceptors (Lipinski definition) is 4. The van der Waals surface area contributed by atoms with E-state index in [4.69, 9.17) is 32.7 Å². The minimum atomic E-state index is 0.0877. The molecule has 0 unspecified atom stereocenters. The monoisotopic (exact) mass is 452 g/mol. The number of aryl methyl sites for hydroxylation is 1. The first-order valence-electron chi connectivity index (χ1n) is 9.92. The summed E-state index contributed by atoms with van der Waals surface area (Å²) in [5.41, 5.74) is 1.91. The molecule has 0 spiro atoms. The highest BCUT2D eigenvalue weighted by molar-refractivity contribution is 6.42. The Morgan fingerprint density at radius 1 is 1.00 bits per heavy atom. The smallest absolute Gasteiger partial charge is 0.223 e. The van der Waals surface area contributed by atoms with Crippen molar-refractivity contribution in [1.82, 2.24) is 9.80 Å². The van der Waals surface area contributed by atoms with Gasteiger partial charge in [-0.1, -0.05) is 41.4 Å². The summed E-state index contributed by atoms with van der Waals surface area (Å²) in [4.78, 5) is 17.1. The van der Waals surface area contributed by atoms with E-state index in [9.17, 15) is 4.79 Å². The van der Waals surface area contributed by atoms with Crippen LogP contribution in [0.4, 0.5) is 0 Å². The summed E-state index contributed by atoms with van der Waals surface area (Å²) in [6, 6.07) is 11.2. The van der Waals surface area contributed by atoms with E-state index in [1.807, 2.05) is 49.3 Å². The molecule has 30 heavy (non-hydrogen) atoms. The van der Waals surface area contributed by atoms with E-state index in [-0.39, 0.29) is 5.91 Å². The number of halogens is 2. The Hall–Kier alpha value is -1.95. The minimum absolute atomic E-state index is 0.0877. The fraction of sp³-hybridized carbons (Fsp3) is 0.435. The molecule has 0 aromatic heterocycles. The first kappa shape index (κ1) is 24.3. The lowest BCUT2D eigenvalue weighted by molar-refractivity contribution is -0.131. The van der Waals surface area contributed by atoms with Gasteiger partial charge in [0.15, 0.2) is 11.5 Å². The fourth-order valence-electron chi connectivity index (χ4n) is 3.28. The molecule has 0 aliphatic carbocycles. The molecule has 0 radical (unpaired) electrons. The van der Waals surface area contributed by atoms with Gasteiger partial charge in [0.1, 0.15) is 0 Å². The molecule has 1 amide bonds. The number of carbonyl (C=O) groups is 1. The van der Waals surface area contributed by atoms with Crippen LogP contribution in [0.2, 0.25) is 10.0 Å². The van der Waals surface area contributed by atoms with E-state index in [1.54, 1.807) is 20.3 Å². The van der Waals surface area contributed by atoms with Gasteiger partial charge < -0.3 is 19.3 Å². The van der Waals surface area contributed by atoms with Gasteiger partial charge in [-0.25, -0.2) is 0 Å². The molecule has 5 nitrogen and oxygen atoms in total. The summed E-state index contributed by atoms with van der Waals surface area (Å²) in [7, 11) is 7.28. The number of benzene rings is 2. The van der Waals surface area contributed by atoms with E-state index in [2.05, 4.69) is 4.90 Å². The van der Waals surface area contributed by atoms with Gasteiger partial charge >= 0.3 is 0 Å². The van der Waals surface area contributed by atoms with Crippen LogP contribution in [-0.2, 0) is 17.8 Å². The summed E-state index contributed by atoms with van der Waals surface area (Å²) in [5.74, 6) is 1.43. The summed E-state index contributed by atoms with van der Waals surface area (Å²) in [6.45, 7) is 2.08. The molecular weight excluding hydrogens is 423 g/mol. The average Bonchev–Trinajstić information content (AvgIpc) is 2.73. The van der Waals surface area contributed by atoms with Crippen molar-refractivity contribution in [2.45, 2.75) is 25.8 Å². The Balaban J connectivity index is 2.10. The van der Waals surface area contributed by atoms with Crippen molar-refractivity contribution in [3.05, 3.63) is 57.6 Å². The normalized spacial score (nSPS) is 10.9. The number of ether oxygens (including phenoxy) is 2. The minimum Gasteiger partial charge on any atom is -0.493 e. The average molecular weight is 453 g/mol. The van der Waals surface area contributed by atoms with Crippen LogP contribution in [-0.4, -0.2) is 57.1 Å². The SMILES string of the molecule is COc1cccc(CCC(=O)N(CCCN(C)C)Cc2ccc(Cl)c(Cl)c2)c1OC. The maximum Gasteiger partial charge on any atom is 0.223 e. The van der Waals surface area contributed by atoms with Crippen LogP contribution in [0.1, 0.15) is 24.0 Å². The summed E-state index contributed by atoms with van der Waals surface area (Å²) < 4.78 is 10.8. The molecule has 0 heterocycles. The molecule has 0 bridgehead atoms. The lowest BCUT2D eigenvalue weighted by Crippen LogP contribution is -2.33. The zero-order chi connectivity index (χ0) is 22.1. The van der Waals surface area contributed by atoms with Gasteiger partial charge in [0.2, 0.25) is 5.91 Å². The topological polar surface area (TPSA) is 42.0 Å². The maximum absolute atomic E-state index is 13.1. The number of nitrogens with zero attached hydrogens (tertiary/aromatic N) is 2.